The molecule has 37 nitrogen and oxygen atoms in total. The number of para-hydroxylation sites is 2. The molecule has 6 rings (SSSR count). The summed E-state index contributed by atoms with van der Waals surface area (Å²) in [7, 11) is 0. The Balaban J connectivity index is 1.42. The molecule has 1 aliphatic rings. The van der Waals surface area contributed by atoms with E-state index in [-0.39, 0.29) is 82.0 Å². The van der Waals surface area contributed by atoms with Crippen molar-refractivity contribution < 1.29 is 86.9 Å². The van der Waals surface area contributed by atoms with Crippen LogP contribution in [0, 0.1) is 17.8 Å². The van der Waals surface area contributed by atoms with Gasteiger partial charge in [0, 0.05) is 72.6 Å². The van der Waals surface area contributed by atoms with Gasteiger partial charge in [-0.1, -0.05) is 91.8 Å². The smallest absolute Gasteiger partial charge is 0.305 e. The number of aromatic nitrogens is 4. The highest BCUT2D eigenvalue weighted by Gasteiger charge is 2.38. The minimum absolute atomic E-state index is 0.0160. The van der Waals surface area contributed by atoms with Gasteiger partial charge in [0.2, 0.25) is 82.7 Å². The van der Waals surface area contributed by atoms with Crippen molar-refractivity contribution in [1.29, 1.82) is 0 Å². The number of fused-ring (bicyclic) bond motifs is 2. The van der Waals surface area contributed by atoms with E-state index < -0.39 is 205 Å². The van der Waals surface area contributed by atoms with Crippen LogP contribution in [0.2, 0.25) is 0 Å². The SMILES string of the molecule is CCN[C@@H](CC(=O)O)C(=O)N[C@H]1CC(=O)NCCC[C@@H](C(=O)N[C@@H](CC)C(N)=O)NC(=O)[C@H](Cc2c[nH]c3ccccc23)NC(=O)C(C(C)C)NC(=O)[C@H](CC(C)C)NC(=O)[C@H](CCC(=O)O)NC(=O)CNC(=O)[C@H](CC(C)C)NC(=O)[C@H](Cc2c[nH]cn2)NC(=O)[C@H](Cc2c[nH]c3ccccc23)NC(=O)[C@H](C)NC1=O. The molecule has 0 radical (unpaired) electrons. The van der Waals surface area contributed by atoms with Gasteiger partial charge < -0.3 is 105 Å². The third-order valence-corrected chi connectivity index (χ3v) is 18.3. The lowest BCUT2D eigenvalue weighted by atomic mass is 9.98. The number of aromatic amines is 3. The van der Waals surface area contributed by atoms with Gasteiger partial charge in [-0.15, -0.1) is 0 Å². The van der Waals surface area contributed by atoms with Crippen LogP contribution in [0.25, 0.3) is 21.8 Å². The van der Waals surface area contributed by atoms with E-state index in [1.807, 2.05) is 0 Å². The number of H-pyrrole nitrogens is 3. The molecule has 1 aliphatic heterocycles. The van der Waals surface area contributed by atoms with Crippen LogP contribution < -0.4 is 80.2 Å². The van der Waals surface area contributed by atoms with Crippen molar-refractivity contribution >= 4 is 116 Å². The van der Waals surface area contributed by atoms with Crippen LogP contribution in [0.4, 0.5) is 0 Å². The second kappa shape index (κ2) is 42.8. The molecular weight excluding hydrogens is 1440 g/mol. The number of hydrogen-bond acceptors (Lipinski definition) is 18. The van der Waals surface area contributed by atoms with Gasteiger partial charge in [0.1, 0.15) is 66.5 Å². The zero-order valence-electron chi connectivity index (χ0n) is 63.6. The first-order valence-electron chi connectivity index (χ1n) is 37.1. The van der Waals surface area contributed by atoms with Crippen LogP contribution in [0.5, 0.6) is 0 Å². The van der Waals surface area contributed by atoms with Crippen LogP contribution in [-0.4, -0.2) is 217 Å². The highest BCUT2D eigenvalue weighted by atomic mass is 16.4. The lowest BCUT2D eigenvalue weighted by molar-refractivity contribution is -0.140. The van der Waals surface area contributed by atoms with E-state index in [4.69, 9.17) is 5.73 Å². The number of likely N-dealkylation sites (N-methyl/N-ethyl adjacent to an activating group) is 1. The fourth-order valence-electron chi connectivity index (χ4n) is 12.4. The van der Waals surface area contributed by atoms with Crippen LogP contribution >= 0.6 is 0 Å². The van der Waals surface area contributed by atoms with Gasteiger partial charge in [-0.3, -0.25) is 76.7 Å². The number of amides is 14. The molecule has 0 saturated carbocycles. The normalized spacial score (nSPS) is 22.7. The Morgan fingerprint density at radius 2 is 1.10 bits per heavy atom. The fraction of sp³-hybridized carbons (Fsp3) is 0.527. The molecule has 12 atom stereocenters. The van der Waals surface area contributed by atoms with E-state index in [0.29, 0.717) is 32.9 Å². The molecule has 0 bridgehead atoms. The van der Waals surface area contributed by atoms with Crippen LogP contribution in [0.1, 0.15) is 137 Å². The Kier molecular flexibility index (Phi) is 34.0. The van der Waals surface area contributed by atoms with Gasteiger partial charge in [-0.2, -0.15) is 0 Å². The Morgan fingerprint density at radius 1 is 0.568 bits per heavy atom. The number of nitrogens with zero attached hydrogens (tertiary/aromatic N) is 1. The molecule has 1 saturated heterocycles. The minimum Gasteiger partial charge on any atom is -0.481 e. The fourth-order valence-corrected chi connectivity index (χ4v) is 12.4. The molecule has 21 N–H and O–H groups in total. The lowest BCUT2D eigenvalue weighted by Crippen LogP contribution is -2.61. The van der Waals surface area contributed by atoms with E-state index in [0.717, 1.165) is 0 Å². The first kappa shape index (κ1) is 88.1. The molecule has 2 aromatic carbocycles. The van der Waals surface area contributed by atoms with Gasteiger partial charge in [0.05, 0.1) is 37.4 Å². The van der Waals surface area contributed by atoms with E-state index in [1.54, 1.807) is 116 Å². The highest BCUT2D eigenvalue weighted by molar-refractivity contribution is 6.01. The molecule has 37 heteroatoms. The third kappa shape index (κ3) is 27.7. The number of hydrogen-bond donors (Lipinski definition) is 20. The quantitative estimate of drug-likeness (QED) is 0.0322. The largest absolute Gasteiger partial charge is 0.481 e. The Bertz CT molecular complexity index is 4120. The average molecular weight is 1550 g/mol. The van der Waals surface area contributed by atoms with Gasteiger partial charge in [0.15, 0.2) is 0 Å². The summed E-state index contributed by atoms with van der Waals surface area (Å²) in [6.45, 7) is 13.4. The average Bonchev–Trinajstić information content (AvgIpc) is 1.70. The number of carbonyl (C=O) groups excluding carboxylic acids is 14. The lowest BCUT2D eigenvalue weighted by Gasteiger charge is -2.29. The number of carbonyl (C=O) groups is 16. The molecule has 3 aromatic heterocycles. The van der Waals surface area contributed by atoms with E-state index >= 15 is 0 Å². The number of aliphatic carboxylic acids is 2. The number of carboxylic acids is 2. The number of nitrogens with one attached hydrogen (secondary N) is 17. The zero-order valence-corrected chi connectivity index (χ0v) is 63.6. The second-order valence-corrected chi connectivity index (χ2v) is 28.6. The molecule has 111 heavy (non-hydrogen) atoms. The summed E-state index contributed by atoms with van der Waals surface area (Å²) < 4.78 is 0. The first-order valence-corrected chi connectivity index (χ1v) is 37.1. The molecule has 14 amide bonds. The number of benzene rings is 2. The summed E-state index contributed by atoms with van der Waals surface area (Å²) in [6.07, 6.45) is 1.79. The van der Waals surface area contributed by atoms with Gasteiger partial charge in [0.25, 0.3) is 0 Å². The summed E-state index contributed by atoms with van der Waals surface area (Å²) in [5, 5.41) is 57.1. The topological polar surface area (TPSA) is 568 Å². The van der Waals surface area contributed by atoms with Crippen molar-refractivity contribution in [1.82, 2.24) is 94.4 Å². The number of primary amides is 1. The Labute approximate surface area is 640 Å². The molecule has 604 valence electrons. The van der Waals surface area contributed by atoms with Crippen LogP contribution in [-0.2, 0) is 96.0 Å². The van der Waals surface area contributed by atoms with Crippen molar-refractivity contribution in [3.63, 3.8) is 0 Å². The van der Waals surface area contributed by atoms with Crippen molar-refractivity contribution in [2.75, 3.05) is 19.6 Å². The maximum absolute atomic E-state index is 15.0. The van der Waals surface area contributed by atoms with Crippen molar-refractivity contribution in [2.45, 2.75) is 212 Å². The number of carboxylic acid groups (broad SMARTS) is 2. The van der Waals surface area contributed by atoms with Gasteiger partial charge >= 0.3 is 11.9 Å². The number of imidazole rings is 1. The summed E-state index contributed by atoms with van der Waals surface area (Å²) >= 11 is 0. The summed E-state index contributed by atoms with van der Waals surface area (Å²) in [6, 6.07) is -4.29. The van der Waals surface area contributed by atoms with E-state index in [9.17, 15) is 86.9 Å². The van der Waals surface area contributed by atoms with E-state index in [2.05, 4.69) is 94.4 Å². The number of nitrogens with two attached hydrogens (primary N) is 1. The Hall–Kier alpha value is -11.8. The summed E-state index contributed by atoms with van der Waals surface area (Å²) in [5.41, 5.74) is 8.21. The molecular formula is C74H105N19O18. The van der Waals surface area contributed by atoms with Crippen molar-refractivity contribution in [3.05, 3.63) is 90.3 Å². The maximum Gasteiger partial charge on any atom is 0.305 e. The molecule has 0 spiro atoms. The molecule has 5 aromatic rings. The van der Waals surface area contributed by atoms with Gasteiger partial charge in [-0.05, 0) is 93.0 Å². The third-order valence-electron chi connectivity index (χ3n) is 18.3. The van der Waals surface area contributed by atoms with Crippen molar-refractivity contribution in [3.8, 4) is 0 Å². The molecule has 1 unspecified atom stereocenters. The summed E-state index contributed by atoms with van der Waals surface area (Å²) in [4.78, 5) is 238. The molecule has 1 fully saturated rings. The minimum atomic E-state index is -1.84. The molecule has 4 heterocycles. The van der Waals surface area contributed by atoms with Crippen LogP contribution in [0.15, 0.2) is 73.4 Å². The monoisotopic (exact) mass is 1550 g/mol. The second-order valence-electron chi connectivity index (χ2n) is 28.6. The zero-order chi connectivity index (χ0) is 81.8. The van der Waals surface area contributed by atoms with Crippen LogP contribution in [0.3, 0.4) is 0 Å². The summed E-state index contributed by atoms with van der Waals surface area (Å²) in [5.74, 6) is -17.7. The predicted octanol–water partition coefficient (Wildman–Crippen LogP) is -1.87. The first-order chi connectivity index (χ1) is 52.6. The predicted molar refractivity (Wildman–Crippen MR) is 403 cm³/mol. The van der Waals surface area contributed by atoms with Crippen molar-refractivity contribution in [2.24, 2.45) is 23.5 Å². The standard InChI is InChI=1S/C74H105N19O18/c1-10-46(63(75)100)85-66(103)49-21-16-24-78-58(94)30-57(91-68(105)51(77-11-2)31-61(98)99)69(106)83-40(9)64(101)87-54(27-41-32-79-47-19-14-12-17-44(41)47)71(108)90-56(29-43-34-76-36-82-43)72(109)88-52(25-37(3)4)65(102)81-35-59(95)84-50(22-23-60(96)97)67(104)89-53(26-38(5)6)73(110)93-62(39(7)8)74(111)92-55(70(107)86-49)28-42-33-80-48-20-15-13-18-45(42)48/h12-15,17-20,32-34,36-40,46,49-57,62,77,79-80H,10-11,16,21-31,35H2,1-9H3,(H2,75,100)(H,76,82)(H,78,94)(H,81,102)(H,83,106)(H,84,95)(H,85,103)(H,86,107)(H,87,101)(H,88,109)(H,89,104)(H,90,108)(H,91,105)(H,92,111)(H,93,110)(H,96,97)(H,98,99)/t40-,46-,49-,50-,51-,52-,53-,54-,55-,56-,57-,62?/m0/s1. The molecule has 0 aliphatic carbocycles. The maximum atomic E-state index is 15.0. The Morgan fingerprint density at radius 3 is 1.63 bits per heavy atom. The van der Waals surface area contributed by atoms with E-state index in [1.165, 1.54) is 19.4 Å². The number of rotatable bonds is 24. The highest BCUT2D eigenvalue weighted by Crippen LogP contribution is 2.22. The van der Waals surface area contributed by atoms with Gasteiger partial charge in [-0.25, -0.2) is 4.98 Å².